The number of hydrogen-bond acceptors (Lipinski definition) is 2. The Morgan fingerprint density at radius 2 is 1.86 bits per heavy atom. The van der Waals surface area contributed by atoms with E-state index in [9.17, 15) is 4.79 Å². The fourth-order valence-corrected chi connectivity index (χ4v) is 1.99. The summed E-state index contributed by atoms with van der Waals surface area (Å²) in [6.45, 7) is 1.88. The second kappa shape index (κ2) is 7.28. The quantitative estimate of drug-likeness (QED) is 0.849. The zero-order valence-corrected chi connectivity index (χ0v) is 11.9. The first-order valence-corrected chi connectivity index (χ1v) is 6.83. The van der Waals surface area contributed by atoms with E-state index in [0.717, 1.165) is 23.2 Å². The fourth-order valence-electron chi connectivity index (χ4n) is 1.99. The molecule has 0 aliphatic heterocycles. The molecule has 0 heterocycles. The predicted octanol–water partition coefficient (Wildman–Crippen LogP) is 2.85. The molecule has 2 aromatic rings. The summed E-state index contributed by atoms with van der Waals surface area (Å²) in [5.74, 6) is 5.23. The summed E-state index contributed by atoms with van der Waals surface area (Å²) in [4.78, 5) is 12.2. The normalized spacial score (nSPS) is 9.62. The third-order valence-electron chi connectivity index (χ3n) is 3.11. The second-order valence-electron chi connectivity index (χ2n) is 4.50. The zero-order valence-electron chi connectivity index (χ0n) is 11.9. The molecule has 106 valence electrons. The summed E-state index contributed by atoms with van der Waals surface area (Å²) < 4.78 is 0. The lowest BCUT2D eigenvalue weighted by atomic mass is 10.1. The molecule has 0 saturated heterocycles. The van der Waals surface area contributed by atoms with Gasteiger partial charge in [-0.2, -0.15) is 0 Å². The highest BCUT2D eigenvalue weighted by Gasteiger charge is 2.07. The third kappa shape index (κ3) is 3.95. The van der Waals surface area contributed by atoms with Crippen molar-refractivity contribution in [1.29, 1.82) is 0 Å². The van der Waals surface area contributed by atoms with Crippen LogP contribution in [0.2, 0.25) is 0 Å². The maximum Gasteiger partial charge on any atom is 0.255 e. The van der Waals surface area contributed by atoms with E-state index in [1.165, 1.54) is 0 Å². The number of benzene rings is 2. The van der Waals surface area contributed by atoms with Gasteiger partial charge < -0.3 is 10.4 Å². The van der Waals surface area contributed by atoms with Gasteiger partial charge in [0.2, 0.25) is 0 Å². The van der Waals surface area contributed by atoms with Crippen molar-refractivity contribution < 1.29 is 9.90 Å². The van der Waals surface area contributed by atoms with Crippen molar-refractivity contribution in [3.05, 3.63) is 65.2 Å². The van der Waals surface area contributed by atoms with Crippen molar-refractivity contribution in [1.82, 2.24) is 0 Å². The van der Waals surface area contributed by atoms with Crippen LogP contribution in [0.4, 0.5) is 5.69 Å². The summed E-state index contributed by atoms with van der Waals surface area (Å²) >= 11 is 0. The molecule has 0 bridgehead atoms. The number of carbonyl (C=O) groups is 1. The Balaban J connectivity index is 2.13. The number of aliphatic hydroxyl groups is 1. The van der Waals surface area contributed by atoms with Crippen LogP contribution < -0.4 is 5.32 Å². The number of para-hydroxylation sites is 1. The lowest BCUT2D eigenvalue weighted by molar-refractivity contribution is 0.102. The highest BCUT2D eigenvalue weighted by molar-refractivity contribution is 6.04. The van der Waals surface area contributed by atoms with E-state index >= 15 is 0 Å². The highest BCUT2D eigenvalue weighted by Crippen LogP contribution is 2.16. The van der Waals surface area contributed by atoms with Crippen LogP contribution in [0.25, 0.3) is 0 Å². The van der Waals surface area contributed by atoms with Crippen LogP contribution in [0.5, 0.6) is 0 Å². The molecule has 0 unspecified atom stereocenters. The Morgan fingerprint density at radius 3 is 2.52 bits per heavy atom. The summed E-state index contributed by atoms with van der Waals surface area (Å²) in [5.41, 5.74) is 3.30. The molecule has 2 aromatic carbocycles. The third-order valence-corrected chi connectivity index (χ3v) is 3.11. The summed E-state index contributed by atoms with van der Waals surface area (Å²) in [5, 5.41) is 11.6. The molecule has 0 radical (unpaired) electrons. The van der Waals surface area contributed by atoms with Gasteiger partial charge in [-0.15, -0.1) is 0 Å². The van der Waals surface area contributed by atoms with Crippen LogP contribution in [0, 0.1) is 11.8 Å². The average molecular weight is 279 g/mol. The monoisotopic (exact) mass is 279 g/mol. The van der Waals surface area contributed by atoms with E-state index in [0.29, 0.717) is 5.56 Å². The van der Waals surface area contributed by atoms with E-state index in [2.05, 4.69) is 24.1 Å². The molecule has 0 saturated carbocycles. The first-order chi connectivity index (χ1) is 10.2. The first kappa shape index (κ1) is 14.8. The summed E-state index contributed by atoms with van der Waals surface area (Å²) in [6.07, 6.45) is 0.867. The smallest absolute Gasteiger partial charge is 0.255 e. The number of amides is 1. The molecular weight excluding hydrogens is 262 g/mol. The van der Waals surface area contributed by atoms with Gasteiger partial charge in [0, 0.05) is 16.8 Å². The van der Waals surface area contributed by atoms with Gasteiger partial charge in [-0.05, 0) is 42.3 Å². The molecule has 0 aromatic heterocycles. The molecule has 2 N–H and O–H groups in total. The van der Waals surface area contributed by atoms with Crippen LogP contribution >= 0.6 is 0 Å². The predicted molar refractivity (Wildman–Crippen MR) is 84.2 cm³/mol. The van der Waals surface area contributed by atoms with Crippen molar-refractivity contribution in [3.8, 4) is 11.8 Å². The van der Waals surface area contributed by atoms with E-state index in [1.54, 1.807) is 24.3 Å². The van der Waals surface area contributed by atoms with E-state index in [1.807, 2.05) is 24.3 Å². The number of aryl methyl sites for hydroxylation is 1. The van der Waals surface area contributed by atoms with Crippen molar-refractivity contribution in [3.63, 3.8) is 0 Å². The van der Waals surface area contributed by atoms with Crippen LogP contribution in [-0.4, -0.2) is 17.6 Å². The Kier molecular flexibility index (Phi) is 5.14. The van der Waals surface area contributed by atoms with Gasteiger partial charge in [-0.3, -0.25) is 4.79 Å². The first-order valence-electron chi connectivity index (χ1n) is 6.83. The van der Waals surface area contributed by atoms with Crippen LogP contribution in [0.3, 0.4) is 0 Å². The van der Waals surface area contributed by atoms with Gasteiger partial charge in [-0.1, -0.05) is 37.0 Å². The minimum atomic E-state index is -0.171. The molecule has 0 spiro atoms. The molecule has 2 rings (SSSR count). The number of hydrogen-bond donors (Lipinski definition) is 2. The molecule has 0 atom stereocenters. The summed E-state index contributed by atoms with van der Waals surface area (Å²) in [7, 11) is 0. The number of carbonyl (C=O) groups excluding carboxylic acids is 1. The Morgan fingerprint density at radius 1 is 1.14 bits per heavy atom. The molecule has 0 aliphatic rings. The maximum absolute atomic E-state index is 12.2. The van der Waals surface area contributed by atoms with Crippen molar-refractivity contribution in [2.75, 3.05) is 11.9 Å². The summed E-state index contributed by atoms with van der Waals surface area (Å²) in [6, 6.07) is 14.8. The molecule has 0 fully saturated rings. The van der Waals surface area contributed by atoms with Crippen LogP contribution in [0.15, 0.2) is 48.5 Å². The van der Waals surface area contributed by atoms with Gasteiger partial charge in [0.15, 0.2) is 0 Å². The largest absolute Gasteiger partial charge is 0.384 e. The van der Waals surface area contributed by atoms with Gasteiger partial charge >= 0.3 is 0 Å². The van der Waals surface area contributed by atoms with E-state index in [4.69, 9.17) is 5.11 Å². The van der Waals surface area contributed by atoms with Gasteiger partial charge in [0.25, 0.3) is 5.91 Å². The Labute approximate surface area is 124 Å². The minimum absolute atomic E-state index is 0.141. The molecule has 1 amide bonds. The van der Waals surface area contributed by atoms with Crippen molar-refractivity contribution in [2.24, 2.45) is 0 Å². The average Bonchev–Trinajstić information content (AvgIpc) is 2.54. The van der Waals surface area contributed by atoms with Crippen LogP contribution in [0.1, 0.15) is 28.4 Å². The SMILES string of the molecule is CCc1ccccc1NC(=O)c1ccc(C#CCO)cc1. The molecular formula is C18H17NO2. The topological polar surface area (TPSA) is 49.3 Å². The Hall–Kier alpha value is -2.57. The number of aliphatic hydroxyl groups excluding tert-OH is 1. The maximum atomic E-state index is 12.2. The number of rotatable bonds is 3. The lowest BCUT2D eigenvalue weighted by Gasteiger charge is -2.09. The molecule has 3 heteroatoms. The minimum Gasteiger partial charge on any atom is -0.384 e. The van der Waals surface area contributed by atoms with Gasteiger partial charge in [0.05, 0.1) is 0 Å². The van der Waals surface area contributed by atoms with Crippen molar-refractivity contribution in [2.45, 2.75) is 13.3 Å². The standard InChI is InChI=1S/C18H17NO2/c1-2-15-7-3-4-8-17(15)19-18(21)16-11-9-14(10-12-16)6-5-13-20/h3-4,7-12,20H,2,13H2,1H3,(H,19,21). The van der Waals surface area contributed by atoms with E-state index < -0.39 is 0 Å². The Bertz CT molecular complexity index is 678. The van der Waals surface area contributed by atoms with Crippen LogP contribution in [-0.2, 0) is 6.42 Å². The number of nitrogens with one attached hydrogen (secondary N) is 1. The number of anilines is 1. The second-order valence-corrected chi connectivity index (χ2v) is 4.50. The van der Waals surface area contributed by atoms with Crippen molar-refractivity contribution >= 4 is 11.6 Å². The van der Waals surface area contributed by atoms with Gasteiger partial charge in [-0.25, -0.2) is 0 Å². The molecule has 21 heavy (non-hydrogen) atoms. The lowest BCUT2D eigenvalue weighted by Crippen LogP contribution is -2.13. The highest BCUT2D eigenvalue weighted by atomic mass is 16.2. The molecule has 3 nitrogen and oxygen atoms in total. The zero-order chi connectivity index (χ0) is 15.1. The van der Waals surface area contributed by atoms with Gasteiger partial charge in [0.1, 0.15) is 6.61 Å². The fraction of sp³-hybridized carbons (Fsp3) is 0.167. The van der Waals surface area contributed by atoms with E-state index in [-0.39, 0.29) is 12.5 Å². The molecule has 0 aliphatic carbocycles.